The molecule has 0 N–H and O–H groups in total. The van der Waals surface area contributed by atoms with Gasteiger partial charge in [-0.15, -0.1) is 0 Å². The second-order valence-electron chi connectivity index (χ2n) is 6.50. The molecule has 1 saturated carbocycles. The largest absolute Gasteiger partial charge is 0.371 e. The predicted molar refractivity (Wildman–Crippen MR) is 82.9 cm³/mol. The van der Waals surface area contributed by atoms with Gasteiger partial charge in [0.2, 0.25) is 0 Å². The maximum absolute atomic E-state index is 6.14. The molecule has 1 unspecified atom stereocenters. The van der Waals surface area contributed by atoms with Crippen molar-refractivity contribution in [1.82, 2.24) is 9.88 Å². The average Bonchev–Trinajstić information content (AvgIpc) is 2.32. The fourth-order valence-corrected chi connectivity index (χ4v) is 2.52. The van der Waals surface area contributed by atoms with Gasteiger partial charge < -0.3 is 9.64 Å². The van der Waals surface area contributed by atoms with E-state index in [0.717, 1.165) is 12.2 Å². The van der Waals surface area contributed by atoms with Gasteiger partial charge in [-0.2, -0.15) is 0 Å². The molecule has 0 amide bonds. The van der Waals surface area contributed by atoms with Gasteiger partial charge in [0, 0.05) is 17.8 Å². The van der Waals surface area contributed by atoms with Crippen LogP contribution in [0.4, 0.5) is 0 Å². The molecule has 112 valence electrons. The maximum Gasteiger partial charge on any atom is 0.0818 e. The minimum atomic E-state index is 0.143. The Kier molecular flexibility index (Phi) is 5.17. The summed E-state index contributed by atoms with van der Waals surface area (Å²) in [6.07, 6.45) is 4.34. The van der Waals surface area contributed by atoms with E-state index >= 15 is 0 Å². The third-order valence-corrected chi connectivity index (χ3v) is 3.98. The highest BCUT2D eigenvalue weighted by Crippen LogP contribution is 2.30. The van der Waals surface area contributed by atoms with Crippen LogP contribution in [-0.2, 0) is 11.3 Å². The monoisotopic (exact) mass is 276 g/mol. The van der Waals surface area contributed by atoms with Crippen molar-refractivity contribution in [2.24, 2.45) is 0 Å². The smallest absolute Gasteiger partial charge is 0.0818 e. The van der Waals surface area contributed by atoms with Crippen molar-refractivity contribution >= 4 is 0 Å². The molecule has 1 aliphatic carbocycles. The van der Waals surface area contributed by atoms with E-state index in [1.54, 1.807) is 0 Å². The minimum absolute atomic E-state index is 0.143. The van der Waals surface area contributed by atoms with Gasteiger partial charge in [0.05, 0.1) is 17.9 Å². The highest BCUT2D eigenvalue weighted by molar-refractivity contribution is 5.26. The molecule has 0 aliphatic heterocycles. The number of nitrogens with zero attached hydrogens (tertiary/aromatic N) is 2. The third kappa shape index (κ3) is 3.80. The highest BCUT2D eigenvalue weighted by Gasteiger charge is 2.23. The number of pyridine rings is 1. The Morgan fingerprint density at radius 2 is 1.95 bits per heavy atom. The van der Waals surface area contributed by atoms with E-state index in [9.17, 15) is 0 Å². The molecule has 0 radical (unpaired) electrons. The van der Waals surface area contributed by atoms with Crippen molar-refractivity contribution in [3.63, 3.8) is 0 Å². The molecule has 20 heavy (non-hydrogen) atoms. The topological polar surface area (TPSA) is 25.4 Å². The summed E-state index contributed by atoms with van der Waals surface area (Å²) in [6.45, 7) is 7.41. The van der Waals surface area contributed by atoms with Crippen LogP contribution in [0.5, 0.6) is 0 Å². The lowest BCUT2D eigenvalue weighted by molar-refractivity contribution is -0.0451. The van der Waals surface area contributed by atoms with Crippen molar-refractivity contribution in [3.8, 4) is 0 Å². The van der Waals surface area contributed by atoms with Gasteiger partial charge in [0.1, 0.15) is 0 Å². The molecule has 1 aromatic rings. The summed E-state index contributed by atoms with van der Waals surface area (Å²) in [6, 6.07) is 4.37. The lowest BCUT2D eigenvalue weighted by atomic mass is 9.95. The lowest BCUT2D eigenvalue weighted by Gasteiger charge is -2.30. The zero-order valence-corrected chi connectivity index (χ0v) is 13.5. The summed E-state index contributed by atoms with van der Waals surface area (Å²) >= 11 is 0. The molecule has 0 aromatic carbocycles. The number of hydrogen-bond acceptors (Lipinski definition) is 3. The molecule has 3 heteroatoms. The van der Waals surface area contributed by atoms with E-state index in [4.69, 9.17) is 9.72 Å². The van der Waals surface area contributed by atoms with Crippen molar-refractivity contribution < 1.29 is 4.74 Å². The molecule has 0 saturated heterocycles. The predicted octanol–water partition coefficient (Wildman–Crippen LogP) is 3.90. The Morgan fingerprint density at radius 1 is 1.25 bits per heavy atom. The lowest BCUT2D eigenvalue weighted by Crippen LogP contribution is -2.24. The number of hydrogen-bond donors (Lipinski definition) is 0. The quantitative estimate of drug-likeness (QED) is 0.788. The first-order chi connectivity index (χ1) is 9.47. The van der Waals surface area contributed by atoms with E-state index in [-0.39, 0.29) is 6.10 Å². The summed E-state index contributed by atoms with van der Waals surface area (Å²) in [4.78, 5) is 7.04. The molecule has 1 heterocycles. The second-order valence-corrected chi connectivity index (χ2v) is 6.50. The molecular formula is C17H28N2O. The SMILES string of the molecule is CC(C)c1ccc(C(C)OC2CCC2)c(CN(C)C)n1. The third-order valence-electron chi connectivity index (χ3n) is 3.98. The fourth-order valence-electron chi connectivity index (χ4n) is 2.52. The van der Waals surface area contributed by atoms with Crippen molar-refractivity contribution in [1.29, 1.82) is 0 Å². The standard InChI is InChI=1S/C17H28N2O/c1-12(2)16-10-9-15(17(18-16)11-19(4)5)13(3)20-14-7-6-8-14/h9-10,12-14H,6-8,11H2,1-5H3. The van der Waals surface area contributed by atoms with E-state index in [1.807, 2.05) is 0 Å². The van der Waals surface area contributed by atoms with E-state index in [1.165, 1.54) is 30.5 Å². The number of ether oxygens (including phenoxy) is 1. The van der Waals surface area contributed by atoms with Gasteiger partial charge >= 0.3 is 0 Å². The van der Waals surface area contributed by atoms with E-state index in [2.05, 4.69) is 51.9 Å². The van der Waals surface area contributed by atoms with Crippen LogP contribution in [0, 0.1) is 0 Å². The molecule has 3 nitrogen and oxygen atoms in total. The molecule has 1 aromatic heterocycles. The van der Waals surface area contributed by atoms with Crippen LogP contribution < -0.4 is 0 Å². The number of rotatable bonds is 6. The van der Waals surface area contributed by atoms with Crippen LogP contribution in [0.2, 0.25) is 0 Å². The Morgan fingerprint density at radius 3 is 2.45 bits per heavy atom. The summed E-state index contributed by atoms with van der Waals surface area (Å²) in [5.41, 5.74) is 3.57. The first-order valence-corrected chi connectivity index (χ1v) is 7.77. The van der Waals surface area contributed by atoms with Crippen LogP contribution in [0.3, 0.4) is 0 Å². The van der Waals surface area contributed by atoms with Crippen LogP contribution in [0.25, 0.3) is 0 Å². The van der Waals surface area contributed by atoms with Gasteiger partial charge in [-0.25, -0.2) is 0 Å². The van der Waals surface area contributed by atoms with Crippen molar-refractivity contribution in [2.45, 2.75) is 64.7 Å². The zero-order valence-electron chi connectivity index (χ0n) is 13.5. The van der Waals surface area contributed by atoms with E-state index in [0.29, 0.717) is 12.0 Å². The molecule has 2 rings (SSSR count). The summed E-state index contributed by atoms with van der Waals surface area (Å²) in [7, 11) is 4.18. The second kappa shape index (κ2) is 6.68. The van der Waals surface area contributed by atoms with Crippen LogP contribution >= 0.6 is 0 Å². The zero-order chi connectivity index (χ0) is 14.7. The normalized spacial score (nSPS) is 17.6. The van der Waals surface area contributed by atoms with Gasteiger partial charge in [0.15, 0.2) is 0 Å². The fraction of sp³-hybridized carbons (Fsp3) is 0.706. The molecule has 1 aliphatic rings. The summed E-state index contributed by atoms with van der Waals surface area (Å²) in [5.74, 6) is 0.466. The van der Waals surface area contributed by atoms with Gasteiger partial charge in [-0.3, -0.25) is 4.98 Å². The Bertz CT molecular complexity index is 439. The minimum Gasteiger partial charge on any atom is -0.371 e. The first-order valence-electron chi connectivity index (χ1n) is 7.77. The van der Waals surface area contributed by atoms with Gasteiger partial charge in [0.25, 0.3) is 0 Å². The number of aromatic nitrogens is 1. The molecular weight excluding hydrogens is 248 g/mol. The Labute approximate surface area is 123 Å². The van der Waals surface area contributed by atoms with Crippen LogP contribution in [-0.4, -0.2) is 30.1 Å². The Balaban J connectivity index is 2.20. The average molecular weight is 276 g/mol. The summed E-state index contributed by atoms with van der Waals surface area (Å²) in [5, 5.41) is 0. The van der Waals surface area contributed by atoms with Crippen molar-refractivity contribution in [3.05, 3.63) is 29.1 Å². The first kappa shape index (κ1) is 15.5. The van der Waals surface area contributed by atoms with E-state index < -0.39 is 0 Å². The van der Waals surface area contributed by atoms with Gasteiger partial charge in [-0.1, -0.05) is 19.9 Å². The molecule has 0 bridgehead atoms. The molecule has 1 fully saturated rings. The Hall–Kier alpha value is -0.930. The maximum atomic E-state index is 6.14. The van der Waals surface area contributed by atoms with Crippen molar-refractivity contribution in [2.75, 3.05) is 14.1 Å². The van der Waals surface area contributed by atoms with Crippen LogP contribution in [0.15, 0.2) is 12.1 Å². The van der Waals surface area contributed by atoms with Gasteiger partial charge in [-0.05, 0) is 52.3 Å². The molecule has 0 spiro atoms. The molecule has 1 atom stereocenters. The van der Waals surface area contributed by atoms with Crippen LogP contribution in [0.1, 0.15) is 69.0 Å². The highest BCUT2D eigenvalue weighted by atomic mass is 16.5. The summed E-state index contributed by atoms with van der Waals surface area (Å²) < 4.78 is 6.14.